The van der Waals surface area contributed by atoms with Gasteiger partial charge in [-0.2, -0.15) is 0 Å². The van der Waals surface area contributed by atoms with Crippen molar-refractivity contribution in [3.63, 3.8) is 0 Å². The van der Waals surface area contributed by atoms with Gasteiger partial charge in [-0.25, -0.2) is 13.2 Å². The Hall–Kier alpha value is -2.05. The fourth-order valence-corrected chi connectivity index (χ4v) is 3.41. The first-order valence-electron chi connectivity index (χ1n) is 7.40. The molecule has 2 aliphatic heterocycles. The van der Waals surface area contributed by atoms with Crippen molar-refractivity contribution in [2.45, 2.75) is 31.2 Å². The molecule has 3 rings (SSSR count). The van der Waals surface area contributed by atoms with E-state index in [1.54, 1.807) is 0 Å². The molecule has 1 amide bonds. The minimum absolute atomic E-state index is 0.0447. The van der Waals surface area contributed by atoms with Crippen molar-refractivity contribution in [2.24, 2.45) is 5.92 Å². The maximum absolute atomic E-state index is 14.5. The molecule has 0 spiro atoms. The second kappa shape index (κ2) is 5.54. The second-order valence-electron chi connectivity index (χ2n) is 6.01. The molecular weight excluding hydrogens is 311 g/mol. The molecule has 0 bridgehead atoms. The fourth-order valence-electron chi connectivity index (χ4n) is 3.41. The van der Waals surface area contributed by atoms with Crippen molar-refractivity contribution in [3.05, 3.63) is 35.1 Å². The third kappa shape index (κ3) is 2.68. The molecule has 124 valence electrons. The maximum Gasteiger partial charge on any atom is 0.310 e. The molecule has 4 nitrogen and oxygen atoms in total. The van der Waals surface area contributed by atoms with Gasteiger partial charge in [0, 0.05) is 30.1 Å². The molecule has 1 aromatic rings. The van der Waals surface area contributed by atoms with Gasteiger partial charge in [-0.1, -0.05) is 0 Å². The monoisotopic (exact) mass is 327 g/mol. The first-order valence-corrected chi connectivity index (χ1v) is 7.40. The Morgan fingerprint density at radius 3 is 2.78 bits per heavy atom. The summed E-state index contributed by atoms with van der Waals surface area (Å²) in [7, 11) is 1.25. The number of carbonyl (C=O) groups excluding carboxylic acids is 2. The predicted molar refractivity (Wildman–Crippen MR) is 74.5 cm³/mol. The van der Waals surface area contributed by atoms with Gasteiger partial charge < -0.3 is 9.64 Å². The Bertz CT molecular complexity index is 662. The smallest absolute Gasteiger partial charge is 0.310 e. The number of halogens is 3. The summed E-state index contributed by atoms with van der Waals surface area (Å²) in [4.78, 5) is 25.6. The van der Waals surface area contributed by atoms with E-state index >= 15 is 0 Å². The van der Waals surface area contributed by atoms with E-state index in [-0.39, 0.29) is 18.5 Å². The molecule has 1 fully saturated rings. The van der Waals surface area contributed by atoms with Crippen LogP contribution in [0.25, 0.3) is 0 Å². The number of piperidine rings is 1. The summed E-state index contributed by atoms with van der Waals surface area (Å²) in [5.74, 6) is -5.65. The van der Waals surface area contributed by atoms with Gasteiger partial charge in [-0.05, 0) is 31.0 Å². The minimum atomic E-state index is -3.29. The first-order chi connectivity index (χ1) is 10.8. The summed E-state index contributed by atoms with van der Waals surface area (Å²) in [6.07, 6.45) is 0.114. The van der Waals surface area contributed by atoms with Crippen LogP contribution >= 0.6 is 0 Å². The average molecular weight is 327 g/mol. The van der Waals surface area contributed by atoms with Crippen LogP contribution in [0.1, 0.15) is 35.2 Å². The van der Waals surface area contributed by atoms with Gasteiger partial charge >= 0.3 is 5.97 Å². The molecule has 0 N–H and O–H groups in total. The lowest BCUT2D eigenvalue weighted by Gasteiger charge is -2.38. The van der Waals surface area contributed by atoms with Gasteiger partial charge in [0.15, 0.2) is 0 Å². The van der Waals surface area contributed by atoms with Gasteiger partial charge in [-0.15, -0.1) is 0 Å². The highest BCUT2D eigenvalue weighted by molar-refractivity contribution is 5.97. The lowest BCUT2D eigenvalue weighted by molar-refractivity contribution is -0.147. The Morgan fingerprint density at radius 1 is 1.35 bits per heavy atom. The van der Waals surface area contributed by atoms with Crippen LogP contribution in [0.2, 0.25) is 0 Å². The molecule has 2 aliphatic rings. The summed E-state index contributed by atoms with van der Waals surface area (Å²) >= 11 is 0. The second-order valence-corrected chi connectivity index (χ2v) is 6.01. The maximum atomic E-state index is 14.5. The quantitative estimate of drug-likeness (QED) is 0.745. The Labute approximate surface area is 131 Å². The average Bonchev–Trinajstić information content (AvgIpc) is 2.60. The number of nitrogens with zero attached hydrogens (tertiary/aromatic N) is 1. The van der Waals surface area contributed by atoms with E-state index < -0.39 is 47.6 Å². The van der Waals surface area contributed by atoms with Crippen molar-refractivity contribution < 1.29 is 27.5 Å². The standard InChI is InChI=1S/C16H16F3NO3/c1-23-15(22)9-2-4-11-7-16(18,19)13-6-10(17)3-5-12(13)14(21)20(11)8-9/h3,5-6,9,11H,2,4,7-8H2,1H3/t9?,11-/m0/s1. The number of fused-ring (bicyclic) bond motifs is 2. The van der Waals surface area contributed by atoms with Crippen molar-refractivity contribution in [1.29, 1.82) is 0 Å². The van der Waals surface area contributed by atoms with Crippen molar-refractivity contribution >= 4 is 11.9 Å². The molecule has 1 unspecified atom stereocenters. The molecule has 2 atom stereocenters. The van der Waals surface area contributed by atoms with Crippen LogP contribution < -0.4 is 0 Å². The molecule has 0 aromatic heterocycles. The molecule has 0 radical (unpaired) electrons. The SMILES string of the molecule is COC(=O)C1CC[C@H]2CC(F)(F)c3cc(F)ccc3C(=O)N2C1. The fraction of sp³-hybridized carbons (Fsp3) is 0.500. The Morgan fingerprint density at radius 2 is 2.09 bits per heavy atom. The third-order valence-corrected chi connectivity index (χ3v) is 4.60. The van der Waals surface area contributed by atoms with Crippen LogP contribution in [-0.2, 0) is 15.5 Å². The largest absolute Gasteiger partial charge is 0.469 e. The summed E-state index contributed by atoms with van der Waals surface area (Å²) in [6.45, 7) is 0.0447. The number of methoxy groups -OCH3 is 1. The third-order valence-electron chi connectivity index (χ3n) is 4.60. The van der Waals surface area contributed by atoms with Crippen molar-refractivity contribution in [1.82, 2.24) is 4.90 Å². The number of amides is 1. The van der Waals surface area contributed by atoms with E-state index in [1.165, 1.54) is 12.0 Å². The van der Waals surface area contributed by atoms with Gasteiger partial charge in [0.25, 0.3) is 11.8 Å². The van der Waals surface area contributed by atoms with Crippen LogP contribution in [-0.4, -0.2) is 36.5 Å². The number of hydrogen-bond donors (Lipinski definition) is 0. The number of alkyl halides is 2. The van der Waals surface area contributed by atoms with E-state index in [1.807, 2.05) is 0 Å². The van der Waals surface area contributed by atoms with E-state index in [0.29, 0.717) is 6.42 Å². The summed E-state index contributed by atoms with van der Waals surface area (Å²) in [5.41, 5.74) is -0.782. The zero-order valence-corrected chi connectivity index (χ0v) is 12.5. The summed E-state index contributed by atoms with van der Waals surface area (Å²) in [6, 6.07) is 2.14. The molecule has 1 saturated heterocycles. The Kier molecular flexibility index (Phi) is 3.82. The van der Waals surface area contributed by atoms with Crippen LogP contribution in [0.3, 0.4) is 0 Å². The normalized spacial score (nSPS) is 26.1. The number of ether oxygens (including phenoxy) is 1. The minimum Gasteiger partial charge on any atom is -0.469 e. The molecule has 7 heteroatoms. The highest BCUT2D eigenvalue weighted by Crippen LogP contribution is 2.42. The molecule has 23 heavy (non-hydrogen) atoms. The molecule has 2 heterocycles. The van der Waals surface area contributed by atoms with Crippen LogP contribution in [0.4, 0.5) is 13.2 Å². The molecule has 0 saturated carbocycles. The molecular formula is C16H16F3NO3. The molecule has 0 aliphatic carbocycles. The van der Waals surface area contributed by atoms with E-state index in [0.717, 1.165) is 18.2 Å². The van der Waals surface area contributed by atoms with E-state index in [9.17, 15) is 22.8 Å². The van der Waals surface area contributed by atoms with Crippen LogP contribution in [0.15, 0.2) is 18.2 Å². The van der Waals surface area contributed by atoms with Crippen LogP contribution in [0.5, 0.6) is 0 Å². The van der Waals surface area contributed by atoms with Gasteiger partial charge in [0.1, 0.15) is 5.82 Å². The molecule has 1 aromatic carbocycles. The van der Waals surface area contributed by atoms with E-state index in [4.69, 9.17) is 0 Å². The van der Waals surface area contributed by atoms with Gasteiger partial charge in [0.05, 0.1) is 13.0 Å². The predicted octanol–water partition coefficient (Wildman–Crippen LogP) is 2.72. The highest BCUT2D eigenvalue weighted by Gasteiger charge is 2.47. The lowest BCUT2D eigenvalue weighted by Crippen LogP contribution is -2.48. The number of rotatable bonds is 1. The highest BCUT2D eigenvalue weighted by atomic mass is 19.3. The number of esters is 1. The number of benzene rings is 1. The van der Waals surface area contributed by atoms with Gasteiger partial charge in [-0.3, -0.25) is 9.59 Å². The zero-order valence-electron chi connectivity index (χ0n) is 12.5. The van der Waals surface area contributed by atoms with Crippen molar-refractivity contribution in [2.75, 3.05) is 13.7 Å². The summed E-state index contributed by atoms with van der Waals surface area (Å²) in [5, 5.41) is 0. The van der Waals surface area contributed by atoms with Crippen LogP contribution in [0, 0.1) is 11.7 Å². The topological polar surface area (TPSA) is 46.6 Å². The lowest BCUT2D eigenvalue weighted by atomic mass is 9.90. The van der Waals surface area contributed by atoms with E-state index in [2.05, 4.69) is 4.74 Å². The Balaban J connectivity index is 2.00. The first kappa shape index (κ1) is 15.8. The number of carbonyl (C=O) groups is 2. The van der Waals surface area contributed by atoms with Gasteiger partial charge in [0.2, 0.25) is 0 Å². The summed E-state index contributed by atoms with van der Waals surface area (Å²) < 4.78 is 47.0. The zero-order chi connectivity index (χ0) is 16.8. The van der Waals surface area contributed by atoms with Crippen molar-refractivity contribution in [3.8, 4) is 0 Å². The number of hydrogen-bond acceptors (Lipinski definition) is 3.